The number of nitrogens with one attached hydrogen (secondary N) is 2. The molecular weight excluding hydrogens is 392 g/mol. The fourth-order valence-corrected chi connectivity index (χ4v) is 3.67. The zero-order valence-electron chi connectivity index (χ0n) is 15.5. The second-order valence-electron chi connectivity index (χ2n) is 6.14. The van der Waals surface area contributed by atoms with Crippen molar-refractivity contribution in [1.82, 2.24) is 20.0 Å². The number of hydrogen-bond donors (Lipinski definition) is 4. The highest BCUT2D eigenvalue weighted by molar-refractivity contribution is 7.95. The van der Waals surface area contributed by atoms with E-state index >= 15 is 0 Å². The first-order valence-corrected chi connectivity index (χ1v) is 10.4. The maximum absolute atomic E-state index is 12.4. The Labute approximate surface area is 169 Å². The van der Waals surface area contributed by atoms with Crippen LogP contribution >= 0.6 is 0 Å². The molecular formula is C20H21N4O4S+. The number of aliphatic hydroxyl groups excluding tert-OH is 1. The van der Waals surface area contributed by atoms with Gasteiger partial charge in [-0.2, -0.15) is 4.55 Å². The normalized spacial score (nSPS) is 12.9. The average molecular weight is 413 g/mol. The molecule has 0 saturated carbocycles. The summed E-state index contributed by atoms with van der Waals surface area (Å²) in [6, 6.07) is 15.8. The summed E-state index contributed by atoms with van der Waals surface area (Å²) in [6.45, 7) is -0.0870. The van der Waals surface area contributed by atoms with Crippen molar-refractivity contribution in [2.75, 3.05) is 13.2 Å². The van der Waals surface area contributed by atoms with Gasteiger partial charge in [0.25, 0.3) is 5.91 Å². The van der Waals surface area contributed by atoms with Gasteiger partial charge in [-0.15, -0.1) is 4.72 Å². The molecule has 3 rings (SSSR count). The number of aliphatic hydroxyl groups is 1. The first-order valence-electron chi connectivity index (χ1n) is 8.86. The smallest absolute Gasteiger partial charge is 0.323 e. The van der Waals surface area contributed by atoms with Crippen molar-refractivity contribution in [3.05, 3.63) is 78.1 Å². The predicted octanol–water partition coefficient (Wildman–Crippen LogP) is 1.90. The van der Waals surface area contributed by atoms with E-state index in [9.17, 15) is 13.6 Å². The third kappa shape index (κ3) is 5.52. The van der Waals surface area contributed by atoms with E-state index in [2.05, 4.69) is 20.0 Å². The fraction of sp³-hybridized carbons (Fsp3) is 0.150. The number of aromatic nitrogens is 2. The van der Waals surface area contributed by atoms with Crippen LogP contribution in [0.2, 0.25) is 0 Å². The Morgan fingerprint density at radius 2 is 1.76 bits per heavy atom. The SMILES string of the molecule is O=C(NCc1cccc([S+](=O)(O)NCCO)c1)c1cnc(-c2ccccc2)nc1. The maximum Gasteiger partial charge on any atom is 0.323 e. The van der Waals surface area contributed by atoms with Crippen molar-refractivity contribution < 1.29 is 18.7 Å². The van der Waals surface area contributed by atoms with Crippen LogP contribution in [0, 0.1) is 0 Å². The minimum absolute atomic E-state index is 0.00469. The van der Waals surface area contributed by atoms with Gasteiger partial charge in [-0.25, -0.2) is 9.97 Å². The number of rotatable bonds is 8. The zero-order valence-corrected chi connectivity index (χ0v) is 16.3. The molecule has 1 heterocycles. The molecule has 0 aliphatic heterocycles. The van der Waals surface area contributed by atoms with Crippen LogP contribution in [0.1, 0.15) is 15.9 Å². The second-order valence-corrected chi connectivity index (χ2v) is 7.95. The van der Waals surface area contributed by atoms with Gasteiger partial charge in [0, 0.05) is 30.6 Å². The highest BCUT2D eigenvalue weighted by Gasteiger charge is 2.28. The van der Waals surface area contributed by atoms with Gasteiger partial charge in [-0.05, 0) is 15.8 Å². The fourth-order valence-electron chi connectivity index (χ4n) is 2.56. The van der Waals surface area contributed by atoms with Crippen molar-refractivity contribution in [3.63, 3.8) is 0 Å². The molecule has 0 saturated heterocycles. The largest absolute Gasteiger partial charge is 0.395 e. The van der Waals surface area contributed by atoms with Crippen LogP contribution in [0.25, 0.3) is 11.4 Å². The van der Waals surface area contributed by atoms with Crippen LogP contribution in [0.4, 0.5) is 0 Å². The summed E-state index contributed by atoms with van der Waals surface area (Å²) in [5.74, 6) is 0.182. The van der Waals surface area contributed by atoms with Crippen molar-refractivity contribution in [2.24, 2.45) is 0 Å². The number of carbonyl (C=O) groups excluding carboxylic acids is 1. The molecule has 0 radical (unpaired) electrons. The molecule has 3 aromatic rings. The van der Waals surface area contributed by atoms with Gasteiger partial charge in [0.2, 0.25) is 4.90 Å². The number of hydrogen-bond acceptors (Lipinski definition) is 5. The summed E-state index contributed by atoms with van der Waals surface area (Å²) in [4.78, 5) is 21.0. The van der Waals surface area contributed by atoms with Gasteiger partial charge >= 0.3 is 10.4 Å². The molecule has 2 aromatic carbocycles. The molecule has 1 aromatic heterocycles. The summed E-state index contributed by atoms with van der Waals surface area (Å²) < 4.78 is 24.6. The molecule has 0 spiro atoms. The number of benzene rings is 2. The molecule has 0 bridgehead atoms. The number of nitrogens with zero attached hydrogens (tertiary/aromatic N) is 2. The van der Waals surface area contributed by atoms with Crippen molar-refractivity contribution in [3.8, 4) is 11.4 Å². The Hall–Kier alpha value is -2.98. The van der Waals surface area contributed by atoms with Crippen LogP contribution < -0.4 is 10.0 Å². The molecule has 9 heteroatoms. The minimum Gasteiger partial charge on any atom is -0.395 e. The van der Waals surface area contributed by atoms with Crippen molar-refractivity contribution >= 4 is 16.3 Å². The molecule has 0 fully saturated rings. The molecule has 8 nitrogen and oxygen atoms in total. The Balaban J connectivity index is 1.63. The van der Waals surface area contributed by atoms with E-state index in [4.69, 9.17) is 5.11 Å². The number of amides is 1. The molecule has 150 valence electrons. The lowest BCUT2D eigenvalue weighted by Gasteiger charge is -2.08. The Morgan fingerprint density at radius 3 is 2.45 bits per heavy atom. The molecule has 1 atom stereocenters. The average Bonchev–Trinajstić information content (AvgIpc) is 2.77. The minimum atomic E-state index is -3.46. The summed E-state index contributed by atoms with van der Waals surface area (Å²) in [5, 5.41) is 11.6. The summed E-state index contributed by atoms with van der Waals surface area (Å²) in [7, 11) is -3.46. The molecule has 29 heavy (non-hydrogen) atoms. The lowest BCUT2D eigenvalue weighted by molar-refractivity contribution is 0.0950. The van der Waals surface area contributed by atoms with Crippen LogP contribution in [0.5, 0.6) is 0 Å². The summed E-state index contributed by atoms with van der Waals surface area (Å²) in [5.41, 5.74) is 1.83. The van der Waals surface area contributed by atoms with E-state index in [0.717, 1.165) is 5.56 Å². The van der Waals surface area contributed by atoms with Gasteiger partial charge in [0.05, 0.1) is 18.7 Å². The Bertz CT molecular complexity index is 1010. The highest BCUT2D eigenvalue weighted by atomic mass is 32.3. The number of carbonyl (C=O) groups is 1. The lowest BCUT2D eigenvalue weighted by atomic mass is 10.2. The van der Waals surface area contributed by atoms with E-state index in [1.54, 1.807) is 12.1 Å². The summed E-state index contributed by atoms with van der Waals surface area (Å²) in [6.07, 6.45) is 2.92. The summed E-state index contributed by atoms with van der Waals surface area (Å²) >= 11 is 0. The van der Waals surface area contributed by atoms with Gasteiger partial charge in [0.15, 0.2) is 5.82 Å². The van der Waals surface area contributed by atoms with Gasteiger partial charge in [-0.3, -0.25) is 4.79 Å². The van der Waals surface area contributed by atoms with E-state index in [1.807, 2.05) is 30.3 Å². The standard InChI is InChI=1S/C20H20N4O4S/c25-10-9-24-29(27,28)18-8-4-5-15(11-18)12-23-20(26)17-13-21-19(22-14-17)16-6-2-1-3-7-16/h1-8,11,13-14,25H,9-10,12H2,(H2-,23,24,26,27,28)/p+1. The molecule has 0 aliphatic rings. The topological polar surface area (TPSA) is 124 Å². The van der Waals surface area contributed by atoms with E-state index in [0.29, 0.717) is 17.0 Å². The zero-order chi connectivity index (χ0) is 20.7. The van der Waals surface area contributed by atoms with E-state index < -0.39 is 10.4 Å². The predicted molar refractivity (Wildman–Crippen MR) is 109 cm³/mol. The first kappa shape index (κ1) is 20.7. The third-order valence-electron chi connectivity index (χ3n) is 4.03. The monoisotopic (exact) mass is 413 g/mol. The van der Waals surface area contributed by atoms with Crippen molar-refractivity contribution in [2.45, 2.75) is 11.4 Å². The van der Waals surface area contributed by atoms with Gasteiger partial charge in [0.1, 0.15) is 0 Å². The Kier molecular flexibility index (Phi) is 6.78. The quantitative estimate of drug-likeness (QED) is 0.418. The molecule has 1 unspecified atom stereocenters. The highest BCUT2D eigenvalue weighted by Crippen LogP contribution is 2.16. The van der Waals surface area contributed by atoms with Crippen LogP contribution in [-0.4, -0.2) is 38.7 Å². The van der Waals surface area contributed by atoms with E-state index in [-0.39, 0.29) is 30.5 Å². The first-order chi connectivity index (χ1) is 14.0. The lowest BCUT2D eigenvalue weighted by Crippen LogP contribution is -2.32. The van der Waals surface area contributed by atoms with Crippen LogP contribution in [0.3, 0.4) is 0 Å². The van der Waals surface area contributed by atoms with E-state index in [1.165, 1.54) is 24.5 Å². The second kappa shape index (κ2) is 9.48. The maximum atomic E-state index is 12.4. The van der Waals surface area contributed by atoms with Crippen LogP contribution in [0.15, 0.2) is 71.9 Å². The third-order valence-corrected chi connectivity index (χ3v) is 5.51. The molecule has 0 aliphatic carbocycles. The van der Waals surface area contributed by atoms with Gasteiger partial charge < -0.3 is 10.4 Å². The Morgan fingerprint density at radius 1 is 1.03 bits per heavy atom. The van der Waals surface area contributed by atoms with Gasteiger partial charge in [-0.1, -0.05) is 42.5 Å². The van der Waals surface area contributed by atoms with Crippen LogP contribution in [-0.2, 0) is 21.2 Å². The molecule has 1 amide bonds. The van der Waals surface area contributed by atoms with Crippen molar-refractivity contribution in [1.29, 1.82) is 0 Å². The molecule has 4 N–H and O–H groups in total.